The molecule has 0 unspecified atom stereocenters. The van der Waals surface area contributed by atoms with Gasteiger partial charge in [-0.3, -0.25) is 9.88 Å². The number of anilines is 1. The van der Waals surface area contributed by atoms with Crippen LogP contribution >= 0.6 is 0 Å². The Bertz CT molecular complexity index is 1230. The predicted molar refractivity (Wildman–Crippen MR) is 140 cm³/mol. The third-order valence-electron chi connectivity index (χ3n) is 6.59. The van der Waals surface area contributed by atoms with Gasteiger partial charge in [-0.1, -0.05) is 35.9 Å². The Balaban J connectivity index is 1.52. The highest BCUT2D eigenvalue weighted by Crippen LogP contribution is 2.30. The van der Waals surface area contributed by atoms with Crippen LogP contribution in [0.15, 0.2) is 65.8 Å². The molecule has 0 amide bonds. The minimum atomic E-state index is -3.67. The Morgan fingerprint density at radius 1 is 1.00 bits per heavy atom. The number of nitrogens with one attached hydrogen (secondary N) is 1. The number of methoxy groups -OCH3 is 1. The van der Waals surface area contributed by atoms with Gasteiger partial charge in [-0.25, -0.2) is 13.1 Å². The molecule has 2 aromatic carbocycles. The molecule has 1 aromatic heterocycles. The van der Waals surface area contributed by atoms with Crippen molar-refractivity contribution in [2.75, 3.05) is 44.7 Å². The third-order valence-corrected chi connectivity index (χ3v) is 8.32. The van der Waals surface area contributed by atoms with Gasteiger partial charge in [0.25, 0.3) is 0 Å². The predicted octanol–water partition coefficient (Wildman–Crippen LogP) is 3.86. The van der Waals surface area contributed by atoms with Crippen molar-refractivity contribution in [3.8, 4) is 5.75 Å². The average Bonchev–Trinajstić information content (AvgIpc) is 2.84. The molecule has 2 heterocycles. The molecule has 0 saturated carbocycles. The Morgan fingerprint density at radius 2 is 1.69 bits per heavy atom. The smallest absolute Gasteiger partial charge is 0.241 e. The second-order valence-electron chi connectivity index (χ2n) is 9.08. The van der Waals surface area contributed by atoms with E-state index < -0.39 is 10.0 Å². The first kappa shape index (κ1) is 25.2. The van der Waals surface area contributed by atoms with Gasteiger partial charge in [0, 0.05) is 45.1 Å². The van der Waals surface area contributed by atoms with Crippen molar-refractivity contribution in [3.63, 3.8) is 0 Å². The van der Waals surface area contributed by atoms with Gasteiger partial charge >= 0.3 is 0 Å². The van der Waals surface area contributed by atoms with Crippen molar-refractivity contribution in [1.29, 1.82) is 0 Å². The number of nitrogens with zero attached hydrogens (tertiary/aromatic N) is 3. The van der Waals surface area contributed by atoms with E-state index in [9.17, 15) is 8.42 Å². The summed E-state index contributed by atoms with van der Waals surface area (Å²) in [6.45, 7) is 9.18. The molecule has 0 bridgehead atoms. The van der Waals surface area contributed by atoms with E-state index in [1.165, 1.54) is 0 Å². The Labute approximate surface area is 208 Å². The maximum atomic E-state index is 13.3. The normalized spacial score (nSPS) is 15.7. The number of aromatic nitrogens is 1. The number of sulfonamides is 1. The molecule has 1 aliphatic rings. The standard InChI is InChI=1S/C27H34N4O3S/c1-20-16-21(2)27(22(3)17-20)35(32,33)29-19-25(23-8-7-11-28-18-23)31-14-12-30(13-15-31)24-9-5-6-10-26(24)34-4/h5-11,16-18,25,29H,12-15,19H2,1-4H3/t25-/m0/s1. The van der Waals surface area contributed by atoms with E-state index in [0.29, 0.717) is 4.90 Å². The SMILES string of the molecule is COc1ccccc1N1CCN([C@@H](CNS(=O)(=O)c2c(C)cc(C)cc2C)c2cccnc2)CC1. The maximum Gasteiger partial charge on any atom is 0.241 e. The van der Waals surface area contributed by atoms with Crippen molar-refractivity contribution < 1.29 is 13.2 Å². The lowest BCUT2D eigenvalue weighted by molar-refractivity contribution is 0.186. The van der Waals surface area contributed by atoms with E-state index in [0.717, 1.165) is 59.9 Å². The molecule has 8 heteroatoms. The van der Waals surface area contributed by atoms with Crippen molar-refractivity contribution in [2.24, 2.45) is 0 Å². The summed E-state index contributed by atoms with van der Waals surface area (Å²) >= 11 is 0. The summed E-state index contributed by atoms with van der Waals surface area (Å²) in [5, 5.41) is 0. The van der Waals surface area contributed by atoms with Gasteiger partial charge in [0.2, 0.25) is 10.0 Å². The van der Waals surface area contributed by atoms with E-state index in [1.807, 2.05) is 69.4 Å². The van der Waals surface area contributed by atoms with Crippen LogP contribution in [0.1, 0.15) is 28.3 Å². The van der Waals surface area contributed by atoms with Crippen LogP contribution in [0.4, 0.5) is 5.69 Å². The van der Waals surface area contributed by atoms with Crippen LogP contribution in [-0.4, -0.2) is 58.1 Å². The minimum Gasteiger partial charge on any atom is -0.495 e. The number of aryl methyl sites for hydroxylation is 3. The zero-order valence-electron chi connectivity index (χ0n) is 20.9. The fourth-order valence-corrected chi connectivity index (χ4v) is 6.54. The lowest BCUT2D eigenvalue weighted by atomic mass is 10.1. The highest BCUT2D eigenvalue weighted by atomic mass is 32.2. The molecule has 1 aliphatic heterocycles. The second-order valence-corrected chi connectivity index (χ2v) is 10.8. The van der Waals surface area contributed by atoms with Crippen LogP contribution in [0, 0.1) is 20.8 Å². The van der Waals surface area contributed by atoms with Crippen LogP contribution in [0.3, 0.4) is 0 Å². The molecular formula is C27H34N4O3S. The maximum absolute atomic E-state index is 13.3. The average molecular weight is 495 g/mol. The van der Waals surface area contributed by atoms with Crippen molar-refractivity contribution in [3.05, 3.63) is 83.2 Å². The number of rotatable bonds is 8. The molecule has 7 nitrogen and oxygen atoms in total. The first-order valence-electron chi connectivity index (χ1n) is 11.9. The minimum absolute atomic E-state index is 0.121. The summed E-state index contributed by atoms with van der Waals surface area (Å²) < 4.78 is 35.1. The molecule has 3 aromatic rings. The van der Waals surface area contributed by atoms with Gasteiger partial charge in [-0.2, -0.15) is 0 Å². The molecule has 186 valence electrons. The second kappa shape index (κ2) is 10.8. The van der Waals surface area contributed by atoms with E-state index in [4.69, 9.17) is 4.74 Å². The van der Waals surface area contributed by atoms with Crippen LogP contribution in [0.5, 0.6) is 5.75 Å². The molecule has 0 aliphatic carbocycles. The quantitative estimate of drug-likeness (QED) is 0.513. The monoisotopic (exact) mass is 494 g/mol. The first-order chi connectivity index (χ1) is 16.8. The van der Waals surface area contributed by atoms with Crippen LogP contribution < -0.4 is 14.4 Å². The molecule has 1 fully saturated rings. The number of para-hydroxylation sites is 2. The van der Waals surface area contributed by atoms with Gasteiger partial charge in [-0.15, -0.1) is 0 Å². The Kier molecular flexibility index (Phi) is 7.74. The van der Waals surface area contributed by atoms with Gasteiger partial charge < -0.3 is 9.64 Å². The number of hydrogen-bond donors (Lipinski definition) is 1. The van der Waals surface area contributed by atoms with Crippen molar-refractivity contribution >= 4 is 15.7 Å². The Hall–Kier alpha value is -2.94. The fraction of sp³-hybridized carbons (Fsp3) is 0.370. The topological polar surface area (TPSA) is 74.8 Å². The molecule has 1 saturated heterocycles. The van der Waals surface area contributed by atoms with Gasteiger partial charge in [0.1, 0.15) is 5.75 Å². The summed E-state index contributed by atoms with van der Waals surface area (Å²) in [6, 6.07) is 15.7. The molecule has 0 radical (unpaired) electrons. The number of benzene rings is 2. The Morgan fingerprint density at radius 3 is 2.31 bits per heavy atom. The zero-order valence-corrected chi connectivity index (χ0v) is 21.7. The van der Waals surface area contributed by atoms with Gasteiger partial charge in [-0.05, 0) is 55.7 Å². The summed E-state index contributed by atoms with van der Waals surface area (Å²) in [5.41, 5.74) is 4.66. The number of pyridine rings is 1. The van der Waals surface area contributed by atoms with Gasteiger partial charge in [0.05, 0.1) is 23.7 Å². The first-order valence-corrected chi connectivity index (χ1v) is 13.4. The highest BCUT2D eigenvalue weighted by Gasteiger charge is 2.29. The number of ether oxygens (including phenoxy) is 1. The molecule has 0 spiro atoms. The molecule has 1 atom stereocenters. The van der Waals surface area contributed by atoms with E-state index in [2.05, 4.69) is 25.6 Å². The van der Waals surface area contributed by atoms with Crippen molar-refractivity contribution in [2.45, 2.75) is 31.7 Å². The molecule has 35 heavy (non-hydrogen) atoms. The lowest BCUT2D eigenvalue weighted by Gasteiger charge is -2.40. The lowest BCUT2D eigenvalue weighted by Crippen LogP contribution is -2.50. The highest BCUT2D eigenvalue weighted by molar-refractivity contribution is 7.89. The summed E-state index contributed by atoms with van der Waals surface area (Å²) in [6.07, 6.45) is 3.57. The van der Waals surface area contributed by atoms with E-state index in [-0.39, 0.29) is 12.6 Å². The summed E-state index contributed by atoms with van der Waals surface area (Å²) in [4.78, 5) is 9.32. The third kappa shape index (κ3) is 5.66. The van der Waals surface area contributed by atoms with E-state index in [1.54, 1.807) is 13.3 Å². The van der Waals surface area contributed by atoms with Gasteiger partial charge in [0.15, 0.2) is 0 Å². The van der Waals surface area contributed by atoms with Crippen molar-refractivity contribution in [1.82, 2.24) is 14.6 Å². The summed E-state index contributed by atoms with van der Waals surface area (Å²) in [5.74, 6) is 0.862. The fourth-order valence-electron chi connectivity index (χ4n) is 5.05. The van der Waals surface area contributed by atoms with Crippen LogP contribution in [0.25, 0.3) is 0 Å². The molecule has 4 rings (SSSR count). The largest absolute Gasteiger partial charge is 0.495 e. The molecular weight excluding hydrogens is 460 g/mol. The number of hydrogen-bond acceptors (Lipinski definition) is 6. The number of piperazine rings is 1. The molecule has 1 N–H and O–H groups in total. The van der Waals surface area contributed by atoms with E-state index >= 15 is 0 Å². The summed E-state index contributed by atoms with van der Waals surface area (Å²) in [7, 11) is -1.98. The zero-order chi connectivity index (χ0) is 25.0. The van der Waals surface area contributed by atoms with Crippen LogP contribution in [0.2, 0.25) is 0 Å². The van der Waals surface area contributed by atoms with Crippen LogP contribution in [-0.2, 0) is 10.0 Å².